The number of nitrogens with zero attached hydrogens (tertiary/aromatic N) is 2. The predicted octanol–water partition coefficient (Wildman–Crippen LogP) is -0.594. The van der Waals surface area contributed by atoms with E-state index in [2.05, 4.69) is 0 Å². The minimum Gasteiger partial charge on any atom is -1.00 e. The fraction of sp³-hybridized carbons (Fsp3) is 0.111. The highest BCUT2D eigenvalue weighted by Gasteiger charge is 2.19. The molecule has 130 valence electrons. The van der Waals surface area contributed by atoms with Crippen LogP contribution < -0.4 is 21.5 Å². The Morgan fingerprint density at radius 2 is 1.80 bits per heavy atom. The van der Waals surface area contributed by atoms with E-state index in [-0.39, 0.29) is 40.5 Å². The van der Waals surface area contributed by atoms with Gasteiger partial charge in [0, 0.05) is 34.7 Å². The average molecular weight is 405 g/mol. The monoisotopic (exact) mass is 404 g/mol. The van der Waals surface area contributed by atoms with Crippen LogP contribution in [0, 0.1) is 17.0 Å². The first-order chi connectivity index (χ1) is 11.1. The number of carbonyl (C=O) groups is 1. The number of para-hydroxylation sites is 1. The first-order valence-electron chi connectivity index (χ1n) is 7.22. The highest BCUT2D eigenvalue weighted by molar-refractivity contribution is 5.96. The molecule has 7 heteroatoms. The van der Waals surface area contributed by atoms with Crippen LogP contribution in [0.3, 0.4) is 0 Å². The summed E-state index contributed by atoms with van der Waals surface area (Å²) in [4.78, 5) is 23.1. The van der Waals surface area contributed by atoms with Crippen LogP contribution in [0.5, 0.6) is 0 Å². The maximum atomic E-state index is 12.5. The van der Waals surface area contributed by atoms with E-state index in [0.717, 1.165) is 10.9 Å². The molecular formula is C18H17BrN2O4. The number of ketones is 1. The summed E-state index contributed by atoms with van der Waals surface area (Å²) in [6.07, 6.45) is 1.84. The standard InChI is InChI=1S/C18H15N2O3.BrH.H2O/c1-13-8-9-15(11-17(13)20(22)23)18(21)12-19-10-4-6-14-5-2-3-7-16(14)19;;/h2-11H,12H2,1H3;1H;1H2/q+1;;/p-1. The van der Waals surface area contributed by atoms with Gasteiger partial charge in [-0.25, -0.2) is 0 Å². The Balaban J connectivity index is 0.00000156. The van der Waals surface area contributed by atoms with Crippen molar-refractivity contribution in [2.24, 2.45) is 0 Å². The van der Waals surface area contributed by atoms with E-state index in [1.54, 1.807) is 19.1 Å². The number of nitro groups is 1. The van der Waals surface area contributed by atoms with Gasteiger partial charge in [0.25, 0.3) is 5.69 Å². The smallest absolute Gasteiger partial charge is 0.273 e. The SMILES string of the molecule is Cc1ccc(C(=O)C[n+]2cccc3ccccc32)cc1[N+](=O)[O-].O.[Br-]. The summed E-state index contributed by atoms with van der Waals surface area (Å²) in [5.74, 6) is -0.158. The average Bonchev–Trinajstić information content (AvgIpc) is 2.55. The molecule has 0 spiro atoms. The van der Waals surface area contributed by atoms with E-state index in [9.17, 15) is 14.9 Å². The van der Waals surface area contributed by atoms with Gasteiger partial charge in [0.15, 0.2) is 6.20 Å². The van der Waals surface area contributed by atoms with Crippen LogP contribution in [-0.4, -0.2) is 16.2 Å². The molecule has 1 heterocycles. The number of carbonyl (C=O) groups excluding carboxylic acids is 1. The number of Topliss-reactive ketones (excluding diaryl/α,β-unsaturated/α-hetero) is 1. The van der Waals surface area contributed by atoms with Gasteiger partial charge in [0.2, 0.25) is 17.8 Å². The third-order valence-electron chi connectivity index (χ3n) is 3.83. The number of rotatable bonds is 4. The summed E-state index contributed by atoms with van der Waals surface area (Å²) in [6.45, 7) is 1.80. The maximum absolute atomic E-state index is 12.5. The van der Waals surface area contributed by atoms with E-state index < -0.39 is 4.92 Å². The normalized spacial score (nSPS) is 9.80. The van der Waals surface area contributed by atoms with Crippen LogP contribution in [0.15, 0.2) is 60.8 Å². The summed E-state index contributed by atoms with van der Waals surface area (Å²) in [6, 6.07) is 16.2. The fourth-order valence-corrected chi connectivity index (χ4v) is 2.58. The van der Waals surface area contributed by atoms with Gasteiger partial charge in [0.05, 0.1) is 4.92 Å². The van der Waals surface area contributed by atoms with E-state index in [1.807, 2.05) is 47.2 Å². The second kappa shape index (κ2) is 8.46. The summed E-state index contributed by atoms with van der Waals surface area (Å²) in [7, 11) is 0. The first-order valence-corrected chi connectivity index (χ1v) is 7.22. The summed E-state index contributed by atoms with van der Waals surface area (Å²) in [5, 5.41) is 12.1. The molecule has 2 N–H and O–H groups in total. The molecule has 2 aromatic carbocycles. The van der Waals surface area contributed by atoms with Gasteiger partial charge in [-0.05, 0) is 19.1 Å². The lowest BCUT2D eigenvalue weighted by Gasteiger charge is -2.03. The lowest BCUT2D eigenvalue weighted by molar-refractivity contribution is -0.657. The van der Waals surface area contributed by atoms with Crippen molar-refractivity contribution in [3.05, 3.63) is 82.0 Å². The second-order valence-electron chi connectivity index (χ2n) is 5.38. The maximum Gasteiger partial charge on any atom is 0.273 e. The van der Waals surface area contributed by atoms with Crippen molar-refractivity contribution < 1.29 is 36.7 Å². The Morgan fingerprint density at radius 3 is 2.52 bits per heavy atom. The number of halogens is 1. The minimum atomic E-state index is -0.461. The Kier molecular flexibility index (Phi) is 6.90. The molecule has 0 fully saturated rings. The zero-order chi connectivity index (χ0) is 16.4. The van der Waals surface area contributed by atoms with E-state index in [1.165, 1.54) is 6.07 Å². The highest BCUT2D eigenvalue weighted by Crippen LogP contribution is 2.19. The van der Waals surface area contributed by atoms with Gasteiger partial charge >= 0.3 is 0 Å². The number of pyridine rings is 1. The molecular weight excluding hydrogens is 388 g/mol. The van der Waals surface area contributed by atoms with E-state index in [0.29, 0.717) is 11.1 Å². The molecule has 0 saturated heterocycles. The van der Waals surface area contributed by atoms with Crippen LogP contribution in [0.2, 0.25) is 0 Å². The number of hydrogen-bond acceptors (Lipinski definition) is 3. The van der Waals surface area contributed by atoms with Crippen LogP contribution in [0.25, 0.3) is 10.9 Å². The number of fused-ring (bicyclic) bond motifs is 1. The van der Waals surface area contributed by atoms with Crippen molar-refractivity contribution in [2.75, 3.05) is 0 Å². The van der Waals surface area contributed by atoms with Crippen LogP contribution in [-0.2, 0) is 6.54 Å². The number of nitro benzene ring substituents is 1. The van der Waals surface area contributed by atoms with Crippen molar-refractivity contribution in [3.8, 4) is 0 Å². The van der Waals surface area contributed by atoms with Crippen molar-refractivity contribution >= 4 is 22.4 Å². The van der Waals surface area contributed by atoms with Gasteiger partial charge in [-0.2, -0.15) is 4.57 Å². The fourth-order valence-electron chi connectivity index (χ4n) is 2.58. The largest absolute Gasteiger partial charge is 1.00 e. The topological polar surface area (TPSA) is 95.6 Å². The molecule has 1 aromatic heterocycles. The zero-order valence-electron chi connectivity index (χ0n) is 13.5. The molecule has 0 saturated carbocycles. The molecule has 3 rings (SSSR count). The predicted molar refractivity (Wildman–Crippen MR) is 89.9 cm³/mol. The van der Waals surface area contributed by atoms with Crippen LogP contribution in [0.4, 0.5) is 5.69 Å². The minimum absolute atomic E-state index is 0. The lowest BCUT2D eigenvalue weighted by Crippen LogP contribution is -3.00. The van der Waals surface area contributed by atoms with Crippen molar-refractivity contribution in [1.29, 1.82) is 0 Å². The van der Waals surface area contributed by atoms with Gasteiger partial charge in [-0.1, -0.05) is 24.3 Å². The summed E-state index contributed by atoms with van der Waals surface area (Å²) >= 11 is 0. The van der Waals surface area contributed by atoms with Gasteiger partial charge < -0.3 is 22.5 Å². The molecule has 3 aromatic rings. The van der Waals surface area contributed by atoms with Crippen molar-refractivity contribution in [3.63, 3.8) is 0 Å². The molecule has 6 nitrogen and oxygen atoms in total. The molecule has 0 aliphatic rings. The first kappa shape index (κ1) is 20.4. The number of aromatic nitrogens is 1. The lowest BCUT2D eigenvalue weighted by atomic mass is 10.1. The number of benzene rings is 2. The second-order valence-corrected chi connectivity index (χ2v) is 5.38. The third kappa shape index (κ3) is 4.26. The molecule has 0 amide bonds. The Hall–Kier alpha value is -2.64. The summed E-state index contributed by atoms with van der Waals surface area (Å²) in [5.41, 5.74) is 1.82. The third-order valence-corrected chi connectivity index (χ3v) is 3.83. The highest BCUT2D eigenvalue weighted by atomic mass is 79.9. The van der Waals surface area contributed by atoms with E-state index in [4.69, 9.17) is 0 Å². The van der Waals surface area contributed by atoms with E-state index >= 15 is 0 Å². The van der Waals surface area contributed by atoms with Gasteiger partial charge in [0.1, 0.15) is 0 Å². The summed E-state index contributed by atoms with van der Waals surface area (Å²) < 4.78 is 1.85. The van der Waals surface area contributed by atoms with Gasteiger partial charge in [-0.3, -0.25) is 14.9 Å². The van der Waals surface area contributed by atoms with Crippen molar-refractivity contribution in [2.45, 2.75) is 13.5 Å². The number of hydrogen-bond donors (Lipinski definition) is 0. The Labute approximate surface area is 155 Å². The molecule has 0 aliphatic carbocycles. The molecule has 25 heavy (non-hydrogen) atoms. The van der Waals surface area contributed by atoms with Crippen molar-refractivity contribution in [1.82, 2.24) is 0 Å². The molecule has 0 unspecified atom stereocenters. The Bertz CT molecular complexity index is 923. The number of aryl methyl sites for hydroxylation is 1. The quantitative estimate of drug-likeness (QED) is 0.251. The van der Waals surface area contributed by atoms with Crippen LogP contribution in [0.1, 0.15) is 15.9 Å². The zero-order valence-corrected chi connectivity index (χ0v) is 15.1. The van der Waals surface area contributed by atoms with Gasteiger partial charge in [-0.15, -0.1) is 0 Å². The van der Waals surface area contributed by atoms with Crippen LogP contribution >= 0.6 is 0 Å². The molecule has 0 bridgehead atoms. The molecule has 0 radical (unpaired) electrons. The Morgan fingerprint density at radius 1 is 1.12 bits per heavy atom. The molecule has 0 aliphatic heterocycles. The molecule has 0 atom stereocenters.